The van der Waals surface area contributed by atoms with Crippen LogP contribution >= 0.6 is 0 Å². The first kappa shape index (κ1) is 12.8. The second kappa shape index (κ2) is 6.33. The maximum absolute atomic E-state index is 11.6. The summed E-state index contributed by atoms with van der Waals surface area (Å²) in [4.78, 5) is 11.6. The first-order valence-electron chi connectivity index (χ1n) is 6.23. The van der Waals surface area contributed by atoms with Gasteiger partial charge in [-0.2, -0.15) is 0 Å². The summed E-state index contributed by atoms with van der Waals surface area (Å²) in [6, 6.07) is 0. The molecule has 1 aliphatic heterocycles. The molecule has 0 spiro atoms. The third kappa shape index (κ3) is 3.94. The van der Waals surface area contributed by atoms with Crippen molar-refractivity contribution in [3.8, 4) is 0 Å². The third-order valence-corrected chi connectivity index (χ3v) is 3.23. The van der Waals surface area contributed by atoms with Gasteiger partial charge in [0.2, 0.25) is 0 Å². The highest BCUT2D eigenvalue weighted by Gasteiger charge is 2.27. The zero-order valence-corrected chi connectivity index (χ0v) is 10.2. The maximum Gasteiger partial charge on any atom is 0.311 e. The summed E-state index contributed by atoms with van der Waals surface area (Å²) in [5.74, 6) is -0.237. The molecular weight excluding hydrogens is 224 g/mol. The molecule has 2 fully saturated rings. The Bertz CT molecular complexity index is 249. The average molecular weight is 244 g/mol. The molecule has 1 heterocycles. The van der Waals surface area contributed by atoms with E-state index in [1.54, 1.807) is 7.11 Å². The lowest BCUT2D eigenvalue weighted by molar-refractivity contribution is -0.160. The van der Waals surface area contributed by atoms with E-state index in [1.165, 1.54) is 0 Å². The summed E-state index contributed by atoms with van der Waals surface area (Å²) in [6.07, 6.45) is 3.82. The third-order valence-electron chi connectivity index (χ3n) is 3.23. The van der Waals surface area contributed by atoms with E-state index in [1.807, 2.05) is 0 Å². The highest BCUT2D eigenvalue weighted by molar-refractivity contribution is 5.70. The second-order valence-corrected chi connectivity index (χ2v) is 4.51. The number of esters is 1. The van der Waals surface area contributed by atoms with Crippen LogP contribution in [-0.4, -0.2) is 44.8 Å². The Labute approximate surface area is 101 Å². The Morgan fingerprint density at radius 2 is 1.94 bits per heavy atom. The first-order chi connectivity index (χ1) is 8.28. The van der Waals surface area contributed by atoms with Gasteiger partial charge in [0.15, 0.2) is 6.29 Å². The van der Waals surface area contributed by atoms with Crippen LogP contribution in [0.1, 0.15) is 32.1 Å². The SMILES string of the molecule is CO[C@H]1CCC[C@H](OC(=O)CC2OCCO2)C1. The zero-order valence-electron chi connectivity index (χ0n) is 10.2. The lowest BCUT2D eigenvalue weighted by Gasteiger charge is -2.28. The standard InChI is InChI=1S/C12H20O5/c1-14-9-3-2-4-10(7-9)17-11(13)8-12-15-5-6-16-12/h9-10,12H,2-8H2,1H3/t9-,10-/m0/s1. The van der Waals surface area contributed by atoms with Crippen molar-refractivity contribution in [2.24, 2.45) is 0 Å². The van der Waals surface area contributed by atoms with Gasteiger partial charge in [0.05, 0.1) is 25.7 Å². The Hall–Kier alpha value is -0.650. The Kier molecular flexibility index (Phi) is 4.76. The highest BCUT2D eigenvalue weighted by Crippen LogP contribution is 2.23. The molecule has 1 saturated carbocycles. The predicted molar refractivity (Wildman–Crippen MR) is 59.5 cm³/mol. The van der Waals surface area contributed by atoms with Gasteiger partial charge in [0.25, 0.3) is 0 Å². The topological polar surface area (TPSA) is 54.0 Å². The maximum atomic E-state index is 11.6. The van der Waals surface area contributed by atoms with E-state index in [0.29, 0.717) is 13.2 Å². The molecule has 0 aromatic rings. The summed E-state index contributed by atoms with van der Waals surface area (Å²) in [6.45, 7) is 1.13. The Balaban J connectivity index is 1.70. The van der Waals surface area contributed by atoms with Gasteiger partial charge in [-0.25, -0.2) is 0 Å². The van der Waals surface area contributed by atoms with E-state index in [-0.39, 0.29) is 24.6 Å². The molecule has 1 aliphatic carbocycles. The van der Waals surface area contributed by atoms with Crippen molar-refractivity contribution in [2.75, 3.05) is 20.3 Å². The van der Waals surface area contributed by atoms with Crippen molar-refractivity contribution in [3.63, 3.8) is 0 Å². The van der Waals surface area contributed by atoms with Gasteiger partial charge >= 0.3 is 5.97 Å². The number of hydrogen-bond donors (Lipinski definition) is 0. The molecule has 2 aliphatic rings. The molecular formula is C12H20O5. The van der Waals surface area contributed by atoms with Crippen molar-refractivity contribution in [1.82, 2.24) is 0 Å². The van der Waals surface area contributed by atoms with Crippen molar-refractivity contribution in [3.05, 3.63) is 0 Å². The molecule has 17 heavy (non-hydrogen) atoms. The number of rotatable bonds is 4. The Morgan fingerprint density at radius 3 is 2.65 bits per heavy atom. The number of methoxy groups -OCH3 is 1. The molecule has 5 heteroatoms. The minimum absolute atomic E-state index is 0.0115. The zero-order chi connectivity index (χ0) is 12.1. The molecule has 2 atom stereocenters. The van der Waals surface area contributed by atoms with Crippen LogP contribution in [0.2, 0.25) is 0 Å². The van der Waals surface area contributed by atoms with Crippen LogP contribution in [0.15, 0.2) is 0 Å². The van der Waals surface area contributed by atoms with E-state index in [9.17, 15) is 4.79 Å². The molecule has 5 nitrogen and oxygen atoms in total. The number of hydrogen-bond acceptors (Lipinski definition) is 5. The van der Waals surface area contributed by atoms with Gasteiger partial charge in [0.1, 0.15) is 6.10 Å². The average Bonchev–Trinajstić information content (AvgIpc) is 2.82. The van der Waals surface area contributed by atoms with Crippen LogP contribution in [0.5, 0.6) is 0 Å². The minimum atomic E-state index is -0.413. The van der Waals surface area contributed by atoms with E-state index >= 15 is 0 Å². The summed E-state index contributed by atoms with van der Waals surface area (Å²) in [5, 5.41) is 0. The fraction of sp³-hybridized carbons (Fsp3) is 0.917. The number of carbonyl (C=O) groups is 1. The van der Waals surface area contributed by atoms with Gasteiger partial charge in [-0.05, 0) is 19.3 Å². The van der Waals surface area contributed by atoms with Crippen molar-refractivity contribution >= 4 is 5.97 Å². The first-order valence-corrected chi connectivity index (χ1v) is 6.23. The fourth-order valence-electron chi connectivity index (χ4n) is 2.32. The highest BCUT2D eigenvalue weighted by atomic mass is 16.7. The molecule has 0 unspecified atom stereocenters. The molecule has 0 amide bonds. The quantitative estimate of drug-likeness (QED) is 0.697. The summed E-state index contributed by atoms with van der Waals surface area (Å²) < 4.78 is 21.1. The summed E-state index contributed by atoms with van der Waals surface area (Å²) in [7, 11) is 1.70. The fourth-order valence-corrected chi connectivity index (χ4v) is 2.32. The molecule has 0 N–H and O–H groups in total. The smallest absolute Gasteiger partial charge is 0.311 e. The molecule has 0 bridgehead atoms. The molecule has 0 aromatic carbocycles. The Morgan fingerprint density at radius 1 is 1.24 bits per heavy atom. The molecule has 2 rings (SSSR count). The number of carbonyl (C=O) groups excluding carboxylic acids is 1. The van der Waals surface area contributed by atoms with Crippen LogP contribution in [0.4, 0.5) is 0 Å². The van der Waals surface area contributed by atoms with Crippen LogP contribution < -0.4 is 0 Å². The van der Waals surface area contributed by atoms with Gasteiger partial charge in [0, 0.05) is 13.5 Å². The monoisotopic (exact) mass is 244 g/mol. The normalized spacial score (nSPS) is 30.4. The van der Waals surface area contributed by atoms with E-state index in [0.717, 1.165) is 25.7 Å². The molecule has 98 valence electrons. The van der Waals surface area contributed by atoms with Gasteiger partial charge in [-0.15, -0.1) is 0 Å². The lowest BCUT2D eigenvalue weighted by atomic mass is 9.95. The second-order valence-electron chi connectivity index (χ2n) is 4.51. The van der Waals surface area contributed by atoms with Crippen molar-refractivity contribution in [1.29, 1.82) is 0 Å². The van der Waals surface area contributed by atoms with Crippen molar-refractivity contribution in [2.45, 2.75) is 50.6 Å². The van der Waals surface area contributed by atoms with Gasteiger partial charge in [-0.1, -0.05) is 0 Å². The van der Waals surface area contributed by atoms with E-state index < -0.39 is 6.29 Å². The van der Waals surface area contributed by atoms with Gasteiger partial charge < -0.3 is 18.9 Å². The van der Waals surface area contributed by atoms with Gasteiger partial charge in [-0.3, -0.25) is 4.79 Å². The lowest BCUT2D eigenvalue weighted by Crippen LogP contribution is -2.30. The minimum Gasteiger partial charge on any atom is -0.462 e. The molecule has 1 saturated heterocycles. The van der Waals surface area contributed by atoms with Crippen LogP contribution in [0, 0.1) is 0 Å². The number of ether oxygens (including phenoxy) is 4. The van der Waals surface area contributed by atoms with Crippen LogP contribution in [0.3, 0.4) is 0 Å². The summed E-state index contributed by atoms with van der Waals surface area (Å²) in [5.41, 5.74) is 0. The van der Waals surface area contributed by atoms with E-state index in [2.05, 4.69) is 0 Å². The van der Waals surface area contributed by atoms with Crippen molar-refractivity contribution < 1.29 is 23.7 Å². The van der Waals surface area contributed by atoms with Crippen LogP contribution in [-0.2, 0) is 23.7 Å². The molecule has 0 aromatic heterocycles. The molecule has 0 radical (unpaired) electrons. The predicted octanol–water partition coefficient (Wildman–Crippen LogP) is 1.25. The van der Waals surface area contributed by atoms with E-state index in [4.69, 9.17) is 18.9 Å². The van der Waals surface area contributed by atoms with Crippen LogP contribution in [0.25, 0.3) is 0 Å². The largest absolute Gasteiger partial charge is 0.462 e. The summed E-state index contributed by atoms with van der Waals surface area (Å²) >= 11 is 0.